The van der Waals surface area contributed by atoms with Crippen molar-refractivity contribution in [3.63, 3.8) is 0 Å². The van der Waals surface area contributed by atoms with E-state index in [0.29, 0.717) is 22.1 Å². The van der Waals surface area contributed by atoms with E-state index in [1.54, 1.807) is 48.5 Å². The van der Waals surface area contributed by atoms with Gasteiger partial charge in [-0.25, -0.2) is 0 Å². The van der Waals surface area contributed by atoms with Crippen LogP contribution in [0.15, 0.2) is 121 Å². The molecule has 0 aliphatic rings. The second-order valence-corrected chi connectivity index (χ2v) is 12.3. The highest BCUT2D eigenvalue weighted by molar-refractivity contribution is 7.71. The summed E-state index contributed by atoms with van der Waals surface area (Å²) in [6.45, 7) is 0. The Labute approximate surface area is 188 Å². The van der Waals surface area contributed by atoms with E-state index in [9.17, 15) is 9.13 Å². The molecule has 0 saturated carbocycles. The standard InChI is InChI=1S/C26H24O4P2/c27-31(25-17-9-3-10-18-25,29-23-13-5-1-6-14-23)21-22-32(28,26-19-11-4-12-20-26)30-24-15-7-2-8-16-24/h1-20H,21-22H2. The summed E-state index contributed by atoms with van der Waals surface area (Å²) in [6, 6.07) is 36.3. The van der Waals surface area contributed by atoms with Crippen LogP contribution in [0.1, 0.15) is 0 Å². The number of para-hydroxylation sites is 2. The molecule has 4 aromatic rings. The Bertz CT molecular complexity index is 1110. The van der Waals surface area contributed by atoms with E-state index in [-0.39, 0.29) is 12.3 Å². The summed E-state index contributed by atoms with van der Waals surface area (Å²) in [5.74, 6) is 1.02. The van der Waals surface area contributed by atoms with Gasteiger partial charge in [-0.05, 0) is 48.5 Å². The zero-order valence-electron chi connectivity index (χ0n) is 17.5. The van der Waals surface area contributed by atoms with Gasteiger partial charge in [0.25, 0.3) is 14.7 Å². The highest BCUT2D eigenvalue weighted by atomic mass is 31.2. The van der Waals surface area contributed by atoms with Gasteiger partial charge in [-0.3, -0.25) is 9.13 Å². The molecule has 0 bridgehead atoms. The lowest BCUT2D eigenvalue weighted by atomic mass is 10.3. The first-order valence-corrected chi connectivity index (χ1v) is 14.0. The number of benzene rings is 4. The molecule has 0 spiro atoms. The van der Waals surface area contributed by atoms with E-state index in [2.05, 4.69) is 0 Å². The Hall–Kier alpha value is -3.06. The van der Waals surface area contributed by atoms with Crippen LogP contribution in [0, 0.1) is 0 Å². The van der Waals surface area contributed by atoms with Gasteiger partial charge in [-0.15, -0.1) is 0 Å². The van der Waals surface area contributed by atoms with Crippen LogP contribution in [-0.4, -0.2) is 12.3 Å². The molecule has 0 heterocycles. The van der Waals surface area contributed by atoms with Gasteiger partial charge >= 0.3 is 0 Å². The monoisotopic (exact) mass is 462 g/mol. The van der Waals surface area contributed by atoms with Gasteiger partial charge < -0.3 is 9.05 Å². The fourth-order valence-electron chi connectivity index (χ4n) is 3.33. The molecule has 32 heavy (non-hydrogen) atoms. The molecule has 0 amide bonds. The van der Waals surface area contributed by atoms with E-state index in [1.807, 2.05) is 72.8 Å². The molecule has 6 heteroatoms. The molecule has 4 rings (SSSR count). The summed E-state index contributed by atoms with van der Waals surface area (Å²) in [5, 5.41) is 1.17. The molecular weight excluding hydrogens is 438 g/mol. The van der Waals surface area contributed by atoms with Gasteiger partial charge in [0.05, 0.1) is 0 Å². The molecule has 0 aliphatic carbocycles. The van der Waals surface area contributed by atoms with Crippen molar-refractivity contribution in [1.29, 1.82) is 0 Å². The van der Waals surface area contributed by atoms with Crippen LogP contribution in [0.25, 0.3) is 0 Å². The van der Waals surface area contributed by atoms with Crippen molar-refractivity contribution >= 4 is 25.3 Å². The van der Waals surface area contributed by atoms with Crippen molar-refractivity contribution < 1.29 is 18.2 Å². The molecule has 2 atom stereocenters. The van der Waals surface area contributed by atoms with E-state index in [4.69, 9.17) is 9.05 Å². The summed E-state index contributed by atoms with van der Waals surface area (Å²) < 4.78 is 40.3. The largest absolute Gasteiger partial charge is 0.440 e. The number of rotatable bonds is 9. The summed E-state index contributed by atoms with van der Waals surface area (Å²) in [7, 11) is -6.73. The predicted molar refractivity (Wildman–Crippen MR) is 131 cm³/mol. The second-order valence-electron chi connectivity index (χ2n) is 7.27. The quantitative estimate of drug-likeness (QED) is 0.272. The zero-order chi connectivity index (χ0) is 22.3. The molecule has 0 saturated heterocycles. The second kappa shape index (κ2) is 10.0. The predicted octanol–water partition coefficient (Wildman–Crippen LogP) is 6.35. The van der Waals surface area contributed by atoms with Crippen LogP contribution < -0.4 is 19.7 Å². The summed E-state index contributed by atoms with van der Waals surface area (Å²) >= 11 is 0. The smallest absolute Gasteiger partial charge is 0.277 e. The van der Waals surface area contributed by atoms with Crippen LogP contribution >= 0.6 is 14.7 Å². The Morgan fingerprint density at radius 3 is 1.03 bits per heavy atom. The Morgan fingerprint density at radius 2 is 0.719 bits per heavy atom. The minimum absolute atomic E-state index is 0.0743. The van der Waals surface area contributed by atoms with Crippen molar-refractivity contribution in [3.8, 4) is 11.5 Å². The normalized spacial score (nSPS) is 14.6. The maximum absolute atomic E-state index is 14.1. The van der Waals surface area contributed by atoms with E-state index >= 15 is 0 Å². The van der Waals surface area contributed by atoms with Gasteiger partial charge in [-0.1, -0.05) is 72.8 Å². The zero-order valence-corrected chi connectivity index (χ0v) is 19.3. The van der Waals surface area contributed by atoms with Crippen molar-refractivity contribution in [2.75, 3.05) is 12.3 Å². The van der Waals surface area contributed by atoms with Crippen LogP contribution in [0.5, 0.6) is 11.5 Å². The van der Waals surface area contributed by atoms with Crippen LogP contribution in [0.2, 0.25) is 0 Å². The summed E-state index contributed by atoms with van der Waals surface area (Å²) in [5.41, 5.74) is 0. The Kier molecular flexibility index (Phi) is 6.95. The van der Waals surface area contributed by atoms with Crippen molar-refractivity contribution in [2.24, 2.45) is 0 Å². The van der Waals surface area contributed by atoms with Crippen LogP contribution in [0.4, 0.5) is 0 Å². The van der Waals surface area contributed by atoms with Gasteiger partial charge in [0.15, 0.2) is 0 Å². The van der Waals surface area contributed by atoms with Crippen molar-refractivity contribution in [2.45, 2.75) is 0 Å². The lowest BCUT2D eigenvalue weighted by Gasteiger charge is -2.24. The van der Waals surface area contributed by atoms with Crippen molar-refractivity contribution in [3.05, 3.63) is 121 Å². The third-order valence-electron chi connectivity index (χ3n) is 4.98. The molecular formula is C26H24O4P2. The summed E-state index contributed by atoms with van der Waals surface area (Å²) in [6.07, 6.45) is 0.149. The SMILES string of the molecule is O=P(CCP(=O)(Oc1ccccc1)c1ccccc1)(Oc1ccccc1)c1ccccc1. The van der Waals surface area contributed by atoms with Gasteiger partial charge in [0.1, 0.15) is 11.5 Å². The lowest BCUT2D eigenvalue weighted by Crippen LogP contribution is -2.19. The maximum atomic E-state index is 14.1. The number of hydrogen-bond donors (Lipinski definition) is 0. The molecule has 4 nitrogen and oxygen atoms in total. The lowest BCUT2D eigenvalue weighted by molar-refractivity contribution is 0.483. The molecule has 0 aromatic heterocycles. The van der Waals surface area contributed by atoms with E-state index in [1.165, 1.54) is 0 Å². The molecule has 0 fully saturated rings. The molecule has 0 radical (unpaired) electrons. The first-order chi connectivity index (χ1) is 15.6. The summed E-state index contributed by atoms with van der Waals surface area (Å²) in [4.78, 5) is 0. The first kappa shape index (κ1) is 22.1. The molecule has 0 N–H and O–H groups in total. The fraction of sp³-hybridized carbons (Fsp3) is 0.0769. The highest BCUT2D eigenvalue weighted by Gasteiger charge is 2.35. The van der Waals surface area contributed by atoms with Crippen LogP contribution in [0.3, 0.4) is 0 Å². The molecule has 0 aliphatic heterocycles. The minimum atomic E-state index is -3.37. The van der Waals surface area contributed by atoms with E-state index in [0.717, 1.165) is 0 Å². The average Bonchev–Trinajstić information content (AvgIpc) is 2.85. The van der Waals surface area contributed by atoms with Gasteiger partial charge in [0.2, 0.25) is 0 Å². The average molecular weight is 462 g/mol. The highest BCUT2D eigenvalue weighted by Crippen LogP contribution is 2.53. The Balaban J connectivity index is 1.67. The molecule has 2 unspecified atom stereocenters. The minimum Gasteiger partial charge on any atom is -0.440 e. The molecule has 4 aromatic carbocycles. The third-order valence-corrected chi connectivity index (χ3v) is 10.1. The Morgan fingerprint density at radius 1 is 0.438 bits per heavy atom. The number of hydrogen-bond acceptors (Lipinski definition) is 4. The topological polar surface area (TPSA) is 52.6 Å². The van der Waals surface area contributed by atoms with Crippen LogP contribution in [-0.2, 0) is 9.13 Å². The van der Waals surface area contributed by atoms with Crippen molar-refractivity contribution in [1.82, 2.24) is 0 Å². The molecule has 162 valence electrons. The first-order valence-electron chi connectivity index (χ1n) is 10.4. The fourth-order valence-corrected chi connectivity index (χ4v) is 8.53. The van der Waals surface area contributed by atoms with E-state index < -0.39 is 14.7 Å². The van der Waals surface area contributed by atoms with Gasteiger partial charge in [-0.2, -0.15) is 0 Å². The maximum Gasteiger partial charge on any atom is 0.277 e. The van der Waals surface area contributed by atoms with Gasteiger partial charge in [0, 0.05) is 22.9 Å². The third kappa shape index (κ3) is 5.40.